The van der Waals surface area contributed by atoms with Crippen LogP contribution in [0.1, 0.15) is 23.2 Å². The first-order chi connectivity index (χ1) is 13.3. The Bertz CT molecular complexity index is 975. The second-order valence-electron chi connectivity index (χ2n) is 6.21. The van der Waals surface area contributed by atoms with Crippen molar-refractivity contribution in [3.63, 3.8) is 0 Å². The summed E-state index contributed by atoms with van der Waals surface area (Å²) in [7, 11) is -3.95. The lowest BCUT2D eigenvalue weighted by molar-refractivity contribution is 0.102. The maximum atomic E-state index is 12.7. The van der Waals surface area contributed by atoms with Crippen molar-refractivity contribution in [2.45, 2.75) is 23.8 Å². The van der Waals surface area contributed by atoms with Gasteiger partial charge in [0, 0.05) is 23.9 Å². The molecule has 2 aromatic rings. The minimum absolute atomic E-state index is 0.0153. The molecule has 0 saturated carbocycles. The van der Waals surface area contributed by atoms with Crippen molar-refractivity contribution in [2.24, 2.45) is 0 Å². The van der Waals surface area contributed by atoms with Crippen LogP contribution in [-0.2, 0) is 14.8 Å². The van der Waals surface area contributed by atoms with E-state index >= 15 is 0 Å². The van der Waals surface area contributed by atoms with E-state index in [1.807, 2.05) is 0 Å². The van der Waals surface area contributed by atoms with E-state index in [9.17, 15) is 13.2 Å². The number of hydrogen-bond acceptors (Lipinski definition) is 4. The van der Waals surface area contributed by atoms with Crippen molar-refractivity contribution in [1.29, 1.82) is 0 Å². The Morgan fingerprint density at radius 1 is 1.11 bits per heavy atom. The van der Waals surface area contributed by atoms with Crippen LogP contribution in [0, 0.1) is 0 Å². The van der Waals surface area contributed by atoms with Crippen LogP contribution in [0.15, 0.2) is 41.3 Å². The molecule has 1 aliphatic rings. The zero-order chi connectivity index (χ0) is 20.3. The number of carbonyl (C=O) groups is 1. The first-order valence-electron chi connectivity index (χ1n) is 8.43. The van der Waals surface area contributed by atoms with Gasteiger partial charge in [-0.05, 0) is 49.2 Å². The first-order valence-corrected chi connectivity index (χ1v) is 11.1. The maximum absolute atomic E-state index is 12.7. The zero-order valence-corrected chi connectivity index (χ0v) is 17.6. The third-order valence-electron chi connectivity index (χ3n) is 4.18. The molecule has 150 valence electrons. The van der Waals surface area contributed by atoms with Crippen LogP contribution in [0.2, 0.25) is 15.1 Å². The Balaban J connectivity index is 1.82. The predicted octanol–water partition coefficient (Wildman–Crippen LogP) is 4.36. The summed E-state index contributed by atoms with van der Waals surface area (Å²) in [5.41, 5.74) is 0.472. The second kappa shape index (κ2) is 8.98. The van der Waals surface area contributed by atoms with E-state index in [2.05, 4.69) is 10.0 Å². The standard InChI is InChI=1S/C18H17Cl3N2O4S/c19-11-3-5-12(6-4-11)23-18(24)14-8-17(16(21)9-15(14)20)28(25,26)22-10-13-2-1-7-27-13/h3-6,8-9,13,22H,1-2,7,10H2,(H,23,24)/t13-/m0/s1. The third-order valence-corrected chi connectivity index (χ3v) is 6.64. The summed E-state index contributed by atoms with van der Waals surface area (Å²) in [6, 6.07) is 8.86. The van der Waals surface area contributed by atoms with Gasteiger partial charge in [0.1, 0.15) is 4.90 Å². The number of halogens is 3. The smallest absolute Gasteiger partial charge is 0.257 e. The highest BCUT2D eigenvalue weighted by molar-refractivity contribution is 7.89. The minimum atomic E-state index is -3.95. The highest BCUT2D eigenvalue weighted by Crippen LogP contribution is 2.29. The lowest BCUT2D eigenvalue weighted by atomic mass is 10.2. The molecule has 28 heavy (non-hydrogen) atoms. The van der Waals surface area contributed by atoms with Crippen LogP contribution in [0.3, 0.4) is 0 Å². The summed E-state index contributed by atoms with van der Waals surface area (Å²) in [4.78, 5) is 12.3. The highest BCUT2D eigenvalue weighted by atomic mass is 35.5. The molecule has 3 rings (SSSR count). The van der Waals surface area contributed by atoms with Crippen molar-refractivity contribution in [1.82, 2.24) is 4.72 Å². The van der Waals surface area contributed by atoms with E-state index in [4.69, 9.17) is 39.5 Å². The Morgan fingerprint density at radius 2 is 1.82 bits per heavy atom. The van der Waals surface area contributed by atoms with Crippen LogP contribution in [-0.4, -0.2) is 33.6 Å². The van der Waals surface area contributed by atoms with E-state index in [-0.39, 0.29) is 33.2 Å². The summed E-state index contributed by atoms with van der Waals surface area (Å²) in [5, 5.41) is 3.12. The Kier molecular flexibility index (Phi) is 6.85. The minimum Gasteiger partial charge on any atom is -0.377 e. The summed E-state index contributed by atoms with van der Waals surface area (Å²) < 4.78 is 33.2. The molecule has 0 bridgehead atoms. The average molecular weight is 464 g/mol. The van der Waals surface area contributed by atoms with Crippen molar-refractivity contribution in [3.05, 3.63) is 57.0 Å². The number of amides is 1. The van der Waals surface area contributed by atoms with Crippen molar-refractivity contribution < 1.29 is 17.9 Å². The van der Waals surface area contributed by atoms with Gasteiger partial charge in [0.25, 0.3) is 5.91 Å². The Labute approximate surface area is 178 Å². The Hall–Kier alpha value is -1.35. The number of carbonyl (C=O) groups excluding carboxylic acids is 1. The number of anilines is 1. The molecule has 1 aliphatic heterocycles. The van der Waals surface area contributed by atoms with Gasteiger partial charge >= 0.3 is 0 Å². The molecule has 0 spiro atoms. The normalized spacial score (nSPS) is 16.9. The van der Waals surface area contributed by atoms with Crippen LogP contribution in [0.4, 0.5) is 5.69 Å². The summed E-state index contributed by atoms with van der Waals surface area (Å²) >= 11 is 18.0. The number of ether oxygens (including phenoxy) is 1. The van der Waals surface area contributed by atoms with Crippen LogP contribution in [0.25, 0.3) is 0 Å². The monoisotopic (exact) mass is 462 g/mol. The molecule has 0 aromatic heterocycles. The third kappa shape index (κ3) is 5.17. The molecule has 6 nitrogen and oxygen atoms in total. The van der Waals surface area contributed by atoms with Crippen LogP contribution < -0.4 is 10.0 Å². The molecule has 1 saturated heterocycles. The molecular formula is C18H17Cl3N2O4S. The Morgan fingerprint density at radius 3 is 2.46 bits per heavy atom. The number of sulfonamides is 1. The van der Waals surface area contributed by atoms with Gasteiger partial charge in [0.15, 0.2) is 0 Å². The molecule has 0 unspecified atom stereocenters. The molecular weight excluding hydrogens is 447 g/mol. The van der Waals surface area contributed by atoms with Crippen LogP contribution in [0.5, 0.6) is 0 Å². The van der Waals surface area contributed by atoms with Crippen molar-refractivity contribution in [3.8, 4) is 0 Å². The second-order valence-corrected chi connectivity index (χ2v) is 9.20. The van der Waals surface area contributed by atoms with Gasteiger partial charge in [-0.2, -0.15) is 0 Å². The fourth-order valence-corrected chi connectivity index (χ4v) is 4.78. The number of benzene rings is 2. The number of nitrogens with one attached hydrogen (secondary N) is 2. The lowest BCUT2D eigenvalue weighted by Crippen LogP contribution is -2.32. The predicted molar refractivity (Wildman–Crippen MR) is 110 cm³/mol. The van der Waals surface area contributed by atoms with Gasteiger partial charge in [-0.15, -0.1) is 0 Å². The number of hydrogen-bond donors (Lipinski definition) is 2. The van der Waals surface area contributed by atoms with E-state index in [0.717, 1.165) is 18.9 Å². The van der Waals surface area contributed by atoms with E-state index in [1.165, 1.54) is 6.07 Å². The van der Waals surface area contributed by atoms with Crippen molar-refractivity contribution in [2.75, 3.05) is 18.5 Å². The van der Waals surface area contributed by atoms with Crippen LogP contribution >= 0.6 is 34.8 Å². The van der Waals surface area contributed by atoms with Gasteiger partial charge in [0.2, 0.25) is 10.0 Å². The zero-order valence-electron chi connectivity index (χ0n) is 14.5. The summed E-state index contributed by atoms with van der Waals surface area (Å²) in [6.45, 7) is 0.747. The summed E-state index contributed by atoms with van der Waals surface area (Å²) in [6.07, 6.45) is 1.50. The first kappa shape index (κ1) is 21.4. The molecule has 2 N–H and O–H groups in total. The van der Waals surface area contributed by atoms with Gasteiger partial charge in [-0.1, -0.05) is 34.8 Å². The molecule has 0 aliphatic carbocycles. The number of rotatable bonds is 6. The fraction of sp³-hybridized carbons (Fsp3) is 0.278. The quantitative estimate of drug-likeness (QED) is 0.667. The van der Waals surface area contributed by atoms with Gasteiger partial charge in [0.05, 0.1) is 21.7 Å². The van der Waals surface area contributed by atoms with Gasteiger partial charge in [-0.25, -0.2) is 13.1 Å². The van der Waals surface area contributed by atoms with E-state index < -0.39 is 15.9 Å². The molecule has 10 heteroatoms. The fourth-order valence-electron chi connectivity index (χ4n) is 2.73. The topological polar surface area (TPSA) is 84.5 Å². The average Bonchev–Trinajstić information content (AvgIpc) is 3.15. The molecule has 1 amide bonds. The molecule has 1 heterocycles. The summed E-state index contributed by atoms with van der Waals surface area (Å²) in [5.74, 6) is -0.570. The van der Waals surface area contributed by atoms with Gasteiger partial charge < -0.3 is 10.1 Å². The molecule has 2 aromatic carbocycles. The van der Waals surface area contributed by atoms with E-state index in [1.54, 1.807) is 24.3 Å². The molecule has 0 radical (unpaired) electrons. The molecule has 1 fully saturated rings. The van der Waals surface area contributed by atoms with Gasteiger partial charge in [-0.3, -0.25) is 4.79 Å². The largest absolute Gasteiger partial charge is 0.377 e. The highest BCUT2D eigenvalue weighted by Gasteiger charge is 2.25. The van der Waals surface area contributed by atoms with E-state index in [0.29, 0.717) is 17.3 Å². The SMILES string of the molecule is O=C(Nc1ccc(Cl)cc1)c1cc(S(=O)(=O)NC[C@@H]2CCCO2)c(Cl)cc1Cl. The molecule has 1 atom stereocenters. The lowest BCUT2D eigenvalue weighted by Gasteiger charge is -2.14. The maximum Gasteiger partial charge on any atom is 0.257 e. The van der Waals surface area contributed by atoms with Crippen molar-refractivity contribution >= 4 is 56.4 Å².